The molecule has 0 aliphatic heterocycles. The predicted molar refractivity (Wildman–Crippen MR) is 130 cm³/mol. The van der Waals surface area contributed by atoms with Crippen LogP contribution in [0.15, 0.2) is 73.3 Å². The Balaban J connectivity index is 1.29. The number of benzene rings is 1. The average Bonchev–Trinajstić information content (AvgIpc) is 3.70. The van der Waals surface area contributed by atoms with Crippen LogP contribution in [0.5, 0.6) is 5.88 Å². The number of hydrogen-bond donors (Lipinski definition) is 2. The van der Waals surface area contributed by atoms with Gasteiger partial charge in [0, 0.05) is 53.4 Å². The standard InChI is InChI=1S/C26H24N6O2/c1-17-4-7-21(30-25(33)19-8-11-28-24(13-19)34-16-18-5-6-18)14-23(17)32-26-29-12-9-22(31-26)20-3-2-10-27-15-20/h2-4,7-15,18H,5-6,16H2,1H3,(H,30,33)(H,29,31,32). The monoisotopic (exact) mass is 452 g/mol. The highest BCUT2D eigenvalue weighted by molar-refractivity contribution is 6.04. The summed E-state index contributed by atoms with van der Waals surface area (Å²) in [4.78, 5) is 30.1. The van der Waals surface area contributed by atoms with Gasteiger partial charge in [0.1, 0.15) is 0 Å². The minimum absolute atomic E-state index is 0.233. The number of ether oxygens (including phenoxy) is 1. The number of aromatic nitrogens is 4. The van der Waals surface area contributed by atoms with Crippen molar-refractivity contribution in [1.29, 1.82) is 0 Å². The summed E-state index contributed by atoms with van der Waals surface area (Å²) in [7, 11) is 0. The first kappa shape index (κ1) is 21.5. The second-order valence-electron chi connectivity index (χ2n) is 8.25. The third kappa shape index (κ3) is 5.35. The van der Waals surface area contributed by atoms with Crippen molar-refractivity contribution in [1.82, 2.24) is 19.9 Å². The largest absolute Gasteiger partial charge is 0.477 e. The van der Waals surface area contributed by atoms with Crippen LogP contribution >= 0.6 is 0 Å². The van der Waals surface area contributed by atoms with E-state index in [2.05, 4.69) is 30.6 Å². The number of amides is 1. The lowest BCUT2D eigenvalue weighted by molar-refractivity contribution is 0.102. The van der Waals surface area contributed by atoms with Crippen molar-refractivity contribution >= 4 is 23.2 Å². The number of carbonyl (C=O) groups is 1. The Bertz CT molecular complexity index is 1310. The van der Waals surface area contributed by atoms with Gasteiger partial charge in [-0.25, -0.2) is 15.0 Å². The molecule has 3 aromatic heterocycles. The van der Waals surface area contributed by atoms with Crippen LogP contribution in [0.1, 0.15) is 28.8 Å². The van der Waals surface area contributed by atoms with Gasteiger partial charge >= 0.3 is 0 Å². The molecule has 1 amide bonds. The molecule has 1 aliphatic rings. The first-order chi connectivity index (χ1) is 16.6. The topological polar surface area (TPSA) is 102 Å². The molecule has 0 atom stereocenters. The van der Waals surface area contributed by atoms with Gasteiger partial charge in [-0.2, -0.15) is 0 Å². The quantitative estimate of drug-likeness (QED) is 0.387. The van der Waals surface area contributed by atoms with E-state index >= 15 is 0 Å². The van der Waals surface area contributed by atoms with Crippen LogP contribution in [0.25, 0.3) is 11.3 Å². The molecule has 8 heteroatoms. The van der Waals surface area contributed by atoms with Crippen molar-refractivity contribution < 1.29 is 9.53 Å². The van der Waals surface area contributed by atoms with E-state index in [-0.39, 0.29) is 5.91 Å². The van der Waals surface area contributed by atoms with Gasteiger partial charge in [-0.15, -0.1) is 0 Å². The molecule has 3 heterocycles. The number of aryl methyl sites for hydroxylation is 1. The van der Waals surface area contributed by atoms with Gasteiger partial charge in [0.15, 0.2) is 0 Å². The summed E-state index contributed by atoms with van der Waals surface area (Å²) in [5, 5.41) is 6.20. The first-order valence-corrected chi connectivity index (χ1v) is 11.2. The lowest BCUT2D eigenvalue weighted by atomic mass is 10.1. The highest BCUT2D eigenvalue weighted by Gasteiger charge is 2.22. The van der Waals surface area contributed by atoms with Crippen molar-refractivity contribution in [2.24, 2.45) is 5.92 Å². The number of nitrogens with one attached hydrogen (secondary N) is 2. The Morgan fingerprint density at radius 1 is 1.06 bits per heavy atom. The average molecular weight is 453 g/mol. The van der Waals surface area contributed by atoms with Crippen LogP contribution in [0.2, 0.25) is 0 Å². The van der Waals surface area contributed by atoms with Crippen LogP contribution in [0, 0.1) is 12.8 Å². The van der Waals surface area contributed by atoms with Gasteiger partial charge in [0.05, 0.1) is 12.3 Å². The molecule has 2 N–H and O–H groups in total. The molecule has 34 heavy (non-hydrogen) atoms. The molecule has 4 aromatic rings. The van der Waals surface area contributed by atoms with Crippen LogP contribution < -0.4 is 15.4 Å². The maximum absolute atomic E-state index is 12.8. The Morgan fingerprint density at radius 3 is 2.76 bits per heavy atom. The van der Waals surface area contributed by atoms with Gasteiger partial charge < -0.3 is 15.4 Å². The Hall–Kier alpha value is -4.33. The lowest BCUT2D eigenvalue weighted by Crippen LogP contribution is -2.13. The van der Waals surface area contributed by atoms with Crippen molar-refractivity contribution in [3.63, 3.8) is 0 Å². The molecule has 1 aliphatic carbocycles. The van der Waals surface area contributed by atoms with Gasteiger partial charge in [-0.1, -0.05) is 6.07 Å². The van der Waals surface area contributed by atoms with Crippen LogP contribution in [-0.2, 0) is 0 Å². The molecular weight excluding hydrogens is 428 g/mol. The minimum atomic E-state index is -0.233. The molecule has 1 saturated carbocycles. The van der Waals surface area contributed by atoms with E-state index < -0.39 is 0 Å². The van der Waals surface area contributed by atoms with Crippen LogP contribution in [0.3, 0.4) is 0 Å². The highest BCUT2D eigenvalue weighted by atomic mass is 16.5. The van der Waals surface area contributed by atoms with E-state index in [9.17, 15) is 4.79 Å². The number of carbonyl (C=O) groups excluding carboxylic acids is 1. The SMILES string of the molecule is Cc1ccc(NC(=O)c2ccnc(OCC3CC3)c2)cc1Nc1nccc(-c2cccnc2)n1. The summed E-state index contributed by atoms with van der Waals surface area (Å²) in [5.41, 5.74) is 4.60. The summed E-state index contributed by atoms with van der Waals surface area (Å²) in [6.45, 7) is 2.63. The van der Waals surface area contributed by atoms with E-state index in [0.717, 1.165) is 22.5 Å². The van der Waals surface area contributed by atoms with Gasteiger partial charge in [0.2, 0.25) is 11.8 Å². The number of rotatable bonds is 8. The molecule has 0 spiro atoms. The van der Waals surface area contributed by atoms with E-state index in [1.165, 1.54) is 12.8 Å². The molecule has 0 bridgehead atoms. The number of nitrogens with zero attached hydrogens (tertiary/aromatic N) is 4. The maximum atomic E-state index is 12.8. The fourth-order valence-corrected chi connectivity index (χ4v) is 3.37. The van der Waals surface area contributed by atoms with E-state index in [0.29, 0.717) is 35.6 Å². The number of hydrogen-bond acceptors (Lipinski definition) is 7. The minimum Gasteiger partial charge on any atom is -0.477 e. The zero-order valence-corrected chi connectivity index (χ0v) is 18.7. The van der Waals surface area contributed by atoms with E-state index in [1.54, 1.807) is 36.9 Å². The lowest BCUT2D eigenvalue weighted by Gasteiger charge is -2.12. The van der Waals surface area contributed by atoms with Gasteiger partial charge in [-0.3, -0.25) is 9.78 Å². The van der Waals surface area contributed by atoms with Gasteiger partial charge in [-0.05, 0) is 67.6 Å². The van der Waals surface area contributed by atoms with Crippen molar-refractivity contribution in [2.75, 3.05) is 17.2 Å². The summed E-state index contributed by atoms with van der Waals surface area (Å²) < 4.78 is 5.69. The summed E-state index contributed by atoms with van der Waals surface area (Å²) in [5.74, 6) is 1.31. The smallest absolute Gasteiger partial charge is 0.255 e. The second kappa shape index (κ2) is 9.66. The molecule has 0 unspecified atom stereocenters. The highest BCUT2D eigenvalue weighted by Crippen LogP contribution is 2.29. The van der Waals surface area contributed by atoms with Gasteiger partial charge in [0.25, 0.3) is 5.91 Å². The summed E-state index contributed by atoms with van der Waals surface area (Å²) in [6, 6.07) is 14.6. The van der Waals surface area contributed by atoms with Crippen molar-refractivity contribution in [3.05, 3.63) is 84.4 Å². The Morgan fingerprint density at radius 2 is 1.94 bits per heavy atom. The summed E-state index contributed by atoms with van der Waals surface area (Å²) in [6.07, 6.45) is 9.17. The normalized spacial score (nSPS) is 12.7. The Kier molecular flexibility index (Phi) is 6.11. The fourth-order valence-electron chi connectivity index (χ4n) is 3.37. The Labute approximate surface area is 197 Å². The molecule has 1 aromatic carbocycles. The summed E-state index contributed by atoms with van der Waals surface area (Å²) >= 11 is 0. The second-order valence-corrected chi connectivity index (χ2v) is 8.25. The van der Waals surface area contributed by atoms with Crippen molar-refractivity contribution in [2.45, 2.75) is 19.8 Å². The van der Waals surface area contributed by atoms with Crippen LogP contribution in [-0.4, -0.2) is 32.4 Å². The third-order valence-electron chi connectivity index (χ3n) is 5.52. The van der Waals surface area contributed by atoms with E-state index in [4.69, 9.17) is 4.74 Å². The number of anilines is 3. The third-order valence-corrected chi connectivity index (χ3v) is 5.52. The predicted octanol–water partition coefficient (Wildman–Crippen LogP) is 5.03. The molecule has 0 radical (unpaired) electrons. The zero-order valence-electron chi connectivity index (χ0n) is 18.7. The molecule has 8 nitrogen and oxygen atoms in total. The number of pyridine rings is 2. The maximum Gasteiger partial charge on any atom is 0.255 e. The van der Waals surface area contributed by atoms with Crippen LogP contribution in [0.4, 0.5) is 17.3 Å². The zero-order chi connectivity index (χ0) is 23.3. The first-order valence-electron chi connectivity index (χ1n) is 11.2. The molecule has 0 saturated heterocycles. The molecule has 5 rings (SSSR count). The molecule has 1 fully saturated rings. The molecule has 170 valence electrons. The van der Waals surface area contributed by atoms with Crippen molar-refractivity contribution in [3.8, 4) is 17.1 Å². The fraction of sp³-hybridized carbons (Fsp3) is 0.192. The molecular formula is C26H24N6O2. The van der Waals surface area contributed by atoms with E-state index in [1.807, 2.05) is 43.3 Å².